The maximum atomic E-state index is 14.8. The summed E-state index contributed by atoms with van der Waals surface area (Å²) in [6.07, 6.45) is 1.94. The molecule has 8 nitrogen and oxygen atoms in total. The Bertz CT molecular complexity index is 1270. The summed E-state index contributed by atoms with van der Waals surface area (Å²) < 4.78 is 48.2. The molecule has 0 radical (unpaired) electrons. The number of fused-ring (bicyclic) bond motifs is 1. The van der Waals surface area contributed by atoms with Gasteiger partial charge >= 0.3 is 0 Å². The Kier molecular flexibility index (Phi) is 6.41. The van der Waals surface area contributed by atoms with E-state index >= 15 is 0 Å². The zero-order valence-corrected chi connectivity index (χ0v) is 18.5. The summed E-state index contributed by atoms with van der Waals surface area (Å²) in [5.74, 6) is -1.02. The maximum absolute atomic E-state index is 14.8. The van der Waals surface area contributed by atoms with E-state index in [0.717, 1.165) is 16.1 Å². The molecule has 1 amide bonds. The molecular weight excluding hydrogens is 449 g/mol. The van der Waals surface area contributed by atoms with Crippen molar-refractivity contribution in [2.24, 2.45) is 0 Å². The Morgan fingerprint density at radius 3 is 2.61 bits per heavy atom. The Labute approximate surface area is 190 Å². The fourth-order valence-electron chi connectivity index (χ4n) is 4.00. The molecular formula is C23H22FN3O5S. The monoisotopic (exact) mass is 471 g/mol. The van der Waals surface area contributed by atoms with E-state index in [1.807, 2.05) is 13.0 Å². The second-order valence-corrected chi connectivity index (χ2v) is 9.33. The van der Waals surface area contributed by atoms with Gasteiger partial charge < -0.3 is 4.74 Å². The van der Waals surface area contributed by atoms with Crippen molar-refractivity contribution in [1.82, 2.24) is 14.8 Å². The zero-order valence-electron chi connectivity index (χ0n) is 17.7. The van der Waals surface area contributed by atoms with Gasteiger partial charge in [-0.05, 0) is 48.2 Å². The topological polar surface area (TPSA) is 109 Å². The molecule has 3 aromatic rings. The third-order valence-electron chi connectivity index (χ3n) is 5.57. The van der Waals surface area contributed by atoms with Crippen molar-refractivity contribution < 1.29 is 27.5 Å². The van der Waals surface area contributed by atoms with Crippen LogP contribution in [-0.4, -0.2) is 35.4 Å². The highest BCUT2D eigenvalue weighted by atomic mass is 32.2. The van der Waals surface area contributed by atoms with Gasteiger partial charge in [0.15, 0.2) is 0 Å². The van der Waals surface area contributed by atoms with E-state index < -0.39 is 27.8 Å². The van der Waals surface area contributed by atoms with Crippen LogP contribution in [0, 0.1) is 5.82 Å². The number of carbonyl (C=O) groups excluding carboxylic acids is 1. The van der Waals surface area contributed by atoms with Crippen molar-refractivity contribution in [3.8, 4) is 11.6 Å². The second-order valence-electron chi connectivity index (χ2n) is 7.44. The minimum Gasteiger partial charge on any atom is -0.439 e. The zero-order chi connectivity index (χ0) is 23.6. The summed E-state index contributed by atoms with van der Waals surface area (Å²) in [6, 6.07) is 12.9. The van der Waals surface area contributed by atoms with Crippen LogP contribution >= 0.6 is 0 Å². The van der Waals surface area contributed by atoms with Gasteiger partial charge in [-0.15, -0.1) is 0 Å². The Morgan fingerprint density at radius 2 is 1.97 bits per heavy atom. The van der Waals surface area contributed by atoms with Crippen LogP contribution in [0.4, 0.5) is 4.39 Å². The summed E-state index contributed by atoms with van der Waals surface area (Å²) in [7, 11) is -4.26. The predicted molar refractivity (Wildman–Crippen MR) is 117 cm³/mol. The number of halogens is 1. The SMILES string of the molecule is CCc1ccc(F)c2c1CCN(S(=O)(=O)c1ccc(Oc3ccccc3)nc1)[C@H]2C(=O)NO. The molecule has 0 fully saturated rings. The smallest absolute Gasteiger partial charge is 0.266 e. The molecule has 33 heavy (non-hydrogen) atoms. The lowest BCUT2D eigenvalue weighted by molar-refractivity contribution is -0.133. The molecule has 0 unspecified atom stereocenters. The lowest BCUT2D eigenvalue weighted by Crippen LogP contribution is -2.47. The van der Waals surface area contributed by atoms with Crippen LogP contribution in [0.5, 0.6) is 11.6 Å². The van der Waals surface area contributed by atoms with Gasteiger partial charge in [0, 0.05) is 18.2 Å². The van der Waals surface area contributed by atoms with Gasteiger partial charge in [-0.1, -0.05) is 31.2 Å². The lowest BCUT2D eigenvalue weighted by atomic mass is 9.88. The van der Waals surface area contributed by atoms with Crippen LogP contribution in [0.1, 0.15) is 29.7 Å². The van der Waals surface area contributed by atoms with Gasteiger partial charge in [0.1, 0.15) is 22.5 Å². The van der Waals surface area contributed by atoms with Crippen molar-refractivity contribution in [1.29, 1.82) is 0 Å². The van der Waals surface area contributed by atoms with Crippen molar-refractivity contribution in [2.75, 3.05) is 6.54 Å². The molecule has 0 aliphatic carbocycles. The normalized spacial score (nSPS) is 16.2. The summed E-state index contributed by atoms with van der Waals surface area (Å²) in [5.41, 5.74) is 2.84. The van der Waals surface area contributed by atoms with Gasteiger partial charge in [0.05, 0.1) is 6.20 Å². The molecule has 1 aliphatic heterocycles. The highest BCUT2D eigenvalue weighted by molar-refractivity contribution is 7.89. The summed E-state index contributed by atoms with van der Waals surface area (Å²) >= 11 is 0. The van der Waals surface area contributed by atoms with Crippen LogP contribution in [0.25, 0.3) is 0 Å². The summed E-state index contributed by atoms with van der Waals surface area (Å²) in [5, 5.41) is 9.29. The number of amides is 1. The second kappa shape index (κ2) is 9.26. The average Bonchev–Trinajstić information content (AvgIpc) is 2.84. The minimum absolute atomic E-state index is 0.0484. The number of hydroxylamine groups is 1. The maximum Gasteiger partial charge on any atom is 0.266 e. The van der Waals surface area contributed by atoms with Gasteiger partial charge in [-0.25, -0.2) is 23.3 Å². The molecule has 2 aromatic carbocycles. The number of rotatable bonds is 6. The van der Waals surface area contributed by atoms with Crippen molar-refractivity contribution in [3.63, 3.8) is 0 Å². The Hall–Kier alpha value is -3.34. The number of nitrogens with zero attached hydrogens (tertiary/aromatic N) is 2. The molecule has 1 aliphatic rings. The van der Waals surface area contributed by atoms with E-state index in [2.05, 4.69) is 4.98 Å². The predicted octanol–water partition coefficient (Wildman–Crippen LogP) is 3.37. The molecule has 172 valence electrons. The molecule has 0 saturated heterocycles. The van der Waals surface area contributed by atoms with Gasteiger partial charge in [-0.3, -0.25) is 10.0 Å². The first kappa shape index (κ1) is 22.8. The number of benzene rings is 2. The first-order valence-corrected chi connectivity index (χ1v) is 11.8. The van der Waals surface area contributed by atoms with Crippen LogP contribution in [-0.2, 0) is 27.7 Å². The van der Waals surface area contributed by atoms with E-state index in [4.69, 9.17) is 4.74 Å². The number of carbonyl (C=O) groups is 1. The van der Waals surface area contributed by atoms with Crippen LogP contribution in [0.3, 0.4) is 0 Å². The number of aryl methyl sites for hydroxylation is 1. The van der Waals surface area contributed by atoms with E-state index in [9.17, 15) is 22.8 Å². The number of sulfonamides is 1. The van der Waals surface area contributed by atoms with Gasteiger partial charge in [0.25, 0.3) is 5.91 Å². The van der Waals surface area contributed by atoms with Crippen LogP contribution in [0.15, 0.2) is 65.7 Å². The largest absolute Gasteiger partial charge is 0.439 e. The molecule has 2 N–H and O–H groups in total. The molecule has 10 heteroatoms. The lowest BCUT2D eigenvalue weighted by Gasteiger charge is -2.35. The van der Waals surface area contributed by atoms with E-state index in [1.165, 1.54) is 23.7 Å². The van der Waals surface area contributed by atoms with Gasteiger partial charge in [-0.2, -0.15) is 4.31 Å². The molecule has 2 heterocycles. The van der Waals surface area contributed by atoms with Crippen molar-refractivity contribution in [3.05, 3.63) is 83.3 Å². The fourth-order valence-corrected chi connectivity index (χ4v) is 5.51. The summed E-state index contributed by atoms with van der Waals surface area (Å²) in [6.45, 7) is 1.83. The van der Waals surface area contributed by atoms with E-state index in [1.54, 1.807) is 30.3 Å². The standard InChI is InChI=1S/C23H22FN3O5S/c1-2-15-8-10-19(24)21-18(15)12-13-27(22(21)23(28)26-29)33(30,31)17-9-11-20(25-14-17)32-16-6-4-3-5-7-16/h3-11,14,22,29H,2,12-13H2,1H3,(H,26,28)/t22-/m1/s1. The molecule has 0 spiro atoms. The average molecular weight is 472 g/mol. The van der Waals surface area contributed by atoms with Crippen molar-refractivity contribution >= 4 is 15.9 Å². The first-order chi connectivity index (χ1) is 15.9. The van der Waals surface area contributed by atoms with Crippen LogP contribution in [0.2, 0.25) is 0 Å². The first-order valence-electron chi connectivity index (χ1n) is 10.3. The van der Waals surface area contributed by atoms with Crippen molar-refractivity contribution in [2.45, 2.75) is 30.7 Å². The third kappa shape index (κ3) is 4.32. The van der Waals surface area contributed by atoms with E-state index in [0.29, 0.717) is 17.7 Å². The summed E-state index contributed by atoms with van der Waals surface area (Å²) in [4.78, 5) is 16.4. The third-order valence-corrected chi connectivity index (χ3v) is 7.41. The molecule has 1 atom stereocenters. The number of hydrogen-bond acceptors (Lipinski definition) is 6. The molecule has 4 rings (SSSR count). The Morgan fingerprint density at radius 1 is 1.21 bits per heavy atom. The minimum atomic E-state index is -4.26. The highest BCUT2D eigenvalue weighted by Gasteiger charge is 2.43. The fraction of sp³-hybridized carbons (Fsp3) is 0.217. The number of aromatic nitrogens is 1. The van der Waals surface area contributed by atoms with E-state index in [-0.39, 0.29) is 29.3 Å². The Balaban J connectivity index is 1.70. The number of ether oxygens (including phenoxy) is 1. The number of para-hydroxylation sites is 1. The molecule has 1 aromatic heterocycles. The molecule has 0 bridgehead atoms. The number of hydrogen-bond donors (Lipinski definition) is 2. The molecule has 0 saturated carbocycles. The number of pyridine rings is 1. The highest BCUT2D eigenvalue weighted by Crippen LogP contribution is 2.37. The quantitative estimate of drug-likeness (QED) is 0.422. The number of nitrogens with one attached hydrogen (secondary N) is 1. The van der Waals surface area contributed by atoms with Crippen LogP contribution < -0.4 is 10.2 Å². The van der Waals surface area contributed by atoms with Gasteiger partial charge in [0.2, 0.25) is 15.9 Å².